The van der Waals surface area contributed by atoms with Gasteiger partial charge < -0.3 is 20.9 Å². The van der Waals surface area contributed by atoms with Crippen molar-refractivity contribution in [2.45, 2.75) is 70.6 Å². The lowest BCUT2D eigenvalue weighted by molar-refractivity contribution is -0.110. The number of hydrogen-bond acceptors (Lipinski definition) is 6. The lowest BCUT2D eigenvalue weighted by atomic mass is 9.67. The van der Waals surface area contributed by atoms with Crippen molar-refractivity contribution in [1.29, 1.82) is 0 Å². The Labute approximate surface area is 210 Å². The highest BCUT2D eigenvalue weighted by atomic mass is 16.5. The van der Waals surface area contributed by atoms with Crippen LogP contribution in [0.2, 0.25) is 0 Å². The molecule has 0 aliphatic heterocycles. The predicted molar refractivity (Wildman–Crippen MR) is 135 cm³/mol. The minimum atomic E-state index is -0.834. The minimum Gasteiger partial charge on any atom is -0.355 e. The van der Waals surface area contributed by atoms with Crippen LogP contribution in [0.25, 0.3) is 0 Å². The molecule has 0 fully saturated rings. The molecule has 1 aliphatic rings. The van der Waals surface area contributed by atoms with E-state index in [2.05, 4.69) is 39.9 Å². The first-order chi connectivity index (χ1) is 17.3. The second-order valence-electron chi connectivity index (χ2n) is 9.78. The first kappa shape index (κ1) is 25.4. The summed E-state index contributed by atoms with van der Waals surface area (Å²) in [5, 5.41) is 5.47. The molecule has 0 bridgehead atoms. The van der Waals surface area contributed by atoms with Crippen LogP contribution in [0.3, 0.4) is 0 Å². The molecule has 36 heavy (non-hydrogen) atoms. The standard InChI is InChI=1S/C27H33N5O4/c1-17(2)32-25(31-26(35)36-32)27(12-18(3)28)23-8-4-19(13-29-15-33)10-21(23)6-7-22-11-20(14-30-16-34)5-9-24(22)27/h4-5,8-11,15-18H,6-7,12-14,28H2,1-3H3,(H,29,33)(H,30,34)/t18-/m0/s1. The van der Waals surface area contributed by atoms with E-state index in [0.717, 1.165) is 46.2 Å². The topological polar surface area (TPSA) is 132 Å². The van der Waals surface area contributed by atoms with Crippen molar-refractivity contribution in [1.82, 2.24) is 20.4 Å². The van der Waals surface area contributed by atoms with E-state index in [1.807, 2.05) is 32.9 Å². The molecule has 0 saturated carbocycles. The smallest absolute Gasteiger partial charge is 0.355 e. The molecule has 0 saturated heterocycles. The van der Waals surface area contributed by atoms with Crippen molar-refractivity contribution in [3.63, 3.8) is 0 Å². The molecule has 0 spiro atoms. The molecule has 9 heteroatoms. The van der Waals surface area contributed by atoms with Gasteiger partial charge in [0.05, 0.1) is 11.5 Å². The molecule has 2 amide bonds. The van der Waals surface area contributed by atoms with Gasteiger partial charge in [-0.15, -0.1) is 0 Å². The van der Waals surface area contributed by atoms with Gasteiger partial charge in [-0.1, -0.05) is 36.4 Å². The molecule has 4 rings (SSSR count). The summed E-state index contributed by atoms with van der Waals surface area (Å²) in [7, 11) is 0. The Hall–Kier alpha value is -3.72. The van der Waals surface area contributed by atoms with E-state index in [-0.39, 0.29) is 12.1 Å². The summed E-state index contributed by atoms with van der Waals surface area (Å²) in [6, 6.07) is 12.0. The lowest BCUT2D eigenvalue weighted by Crippen LogP contribution is -2.40. The highest BCUT2D eigenvalue weighted by Crippen LogP contribution is 2.47. The van der Waals surface area contributed by atoms with E-state index >= 15 is 0 Å². The molecule has 1 aliphatic carbocycles. The molecule has 0 radical (unpaired) electrons. The number of hydrogen-bond donors (Lipinski definition) is 3. The molecule has 0 unspecified atom stereocenters. The van der Waals surface area contributed by atoms with Crippen LogP contribution in [0.15, 0.2) is 45.7 Å². The Bertz CT molecular complexity index is 1240. The number of fused-ring (bicyclic) bond motifs is 2. The molecule has 190 valence electrons. The van der Waals surface area contributed by atoms with E-state index in [1.165, 1.54) is 0 Å². The number of aromatic nitrogens is 2. The minimum absolute atomic E-state index is 0.137. The monoisotopic (exact) mass is 491 g/mol. The summed E-state index contributed by atoms with van der Waals surface area (Å²) < 4.78 is 7.18. The second kappa shape index (κ2) is 10.5. The van der Waals surface area contributed by atoms with Crippen LogP contribution in [0, 0.1) is 0 Å². The van der Waals surface area contributed by atoms with Gasteiger partial charge in [0.1, 0.15) is 0 Å². The van der Waals surface area contributed by atoms with Crippen LogP contribution in [0.4, 0.5) is 0 Å². The molecule has 4 N–H and O–H groups in total. The Kier molecular flexibility index (Phi) is 7.40. The Balaban J connectivity index is 2.05. The fourth-order valence-electron chi connectivity index (χ4n) is 5.45. The van der Waals surface area contributed by atoms with E-state index in [4.69, 9.17) is 10.3 Å². The summed E-state index contributed by atoms with van der Waals surface area (Å²) in [6.45, 7) is 6.70. The van der Waals surface area contributed by atoms with E-state index in [0.29, 0.717) is 38.2 Å². The number of rotatable bonds is 10. The van der Waals surface area contributed by atoms with Gasteiger partial charge in [-0.25, -0.2) is 4.79 Å². The highest BCUT2D eigenvalue weighted by Gasteiger charge is 2.46. The van der Waals surface area contributed by atoms with E-state index < -0.39 is 11.2 Å². The molecule has 1 aromatic heterocycles. The van der Waals surface area contributed by atoms with Crippen LogP contribution >= 0.6 is 0 Å². The Morgan fingerprint density at radius 3 is 1.97 bits per heavy atom. The maximum atomic E-state index is 12.5. The van der Waals surface area contributed by atoms with Gasteiger partial charge in [-0.05, 0) is 73.4 Å². The maximum Gasteiger partial charge on any atom is 0.459 e. The zero-order valence-electron chi connectivity index (χ0n) is 20.9. The van der Waals surface area contributed by atoms with Gasteiger partial charge in [0.2, 0.25) is 12.8 Å². The van der Waals surface area contributed by atoms with Crippen LogP contribution in [0.1, 0.15) is 72.4 Å². The SMILES string of the molecule is CC(C)n1oc(=O)nc1C1(C[C@H](C)N)c2ccc(CNC=O)cc2CCc2cc(CNC=O)ccc21. The number of benzene rings is 2. The van der Waals surface area contributed by atoms with Gasteiger partial charge in [-0.2, -0.15) is 9.72 Å². The molecule has 2 aromatic carbocycles. The molecule has 3 aromatic rings. The fourth-order valence-corrected chi connectivity index (χ4v) is 5.45. The van der Waals surface area contributed by atoms with Crippen molar-refractivity contribution in [2.75, 3.05) is 0 Å². The number of aryl methyl sites for hydroxylation is 2. The van der Waals surface area contributed by atoms with Crippen molar-refractivity contribution in [2.24, 2.45) is 5.73 Å². The number of nitrogens with one attached hydrogen (secondary N) is 2. The third kappa shape index (κ3) is 4.70. The zero-order chi connectivity index (χ0) is 25.9. The van der Waals surface area contributed by atoms with E-state index in [9.17, 15) is 14.4 Å². The molecular formula is C27H33N5O4. The van der Waals surface area contributed by atoms with Crippen LogP contribution < -0.4 is 22.1 Å². The van der Waals surface area contributed by atoms with Gasteiger partial charge in [0.15, 0.2) is 5.82 Å². The van der Waals surface area contributed by atoms with Crippen molar-refractivity contribution >= 4 is 12.8 Å². The normalized spacial score (nSPS) is 14.9. The molecule has 1 heterocycles. The Morgan fingerprint density at radius 2 is 1.53 bits per heavy atom. The van der Waals surface area contributed by atoms with Crippen LogP contribution in [-0.4, -0.2) is 28.6 Å². The molecular weight excluding hydrogens is 458 g/mol. The highest BCUT2D eigenvalue weighted by molar-refractivity contribution is 5.57. The van der Waals surface area contributed by atoms with Gasteiger partial charge >= 0.3 is 5.76 Å². The van der Waals surface area contributed by atoms with Crippen molar-refractivity contribution < 1.29 is 14.1 Å². The quantitative estimate of drug-likeness (QED) is 0.372. The third-order valence-corrected chi connectivity index (χ3v) is 6.76. The fraction of sp³-hybridized carbons (Fsp3) is 0.407. The molecule has 1 atom stereocenters. The number of nitrogens with zero attached hydrogens (tertiary/aromatic N) is 2. The summed E-state index contributed by atoms with van der Waals surface area (Å²) in [6.07, 6.45) is 3.39. The van der Waals surface area contributed by atoms with Gasteiger partial charge in [0, 0.05) is 19.1 Å². The number of amides is 2. The average Bonchev–Trinajstić information content (AvgIpc) is 3.20. The number of carbonyl (C=O) groups is 2. The van der Waals surface area contributed by atoms with Gasteiger partial charge in [0.25, 0.3) is 0 Å². The van der Waals surface area contributed by atoms with Crippen LogP contribution in [0.5, 0.6) is 0 Å². The average molecular weight is 492 g/mol. The first-order valence-electron chi connectivity index (χ1n) is 12.2. The maximum absolute atomic E-state index is 12.5. The Morgan fingerprint density at radius 1 is 1.00 bits per heavy atom. The largest absolute Gasteiger partial charge is 0.459 e. The summed E-state index contributed by atoms with van der Waals surface area (Å²) >= 11 is 0. The third-order valence-electron chi connectivity index (χ3n) is 6.76. The van der Waals surface area contributed by atoms with Crippen molar-refractivity contribution in [3.05, 3.63) is 86.2 Å². The van der Waals surface area contributed by atoms with Gasteiger partial charge in [-0.3, -0.25) is 9.59 Å². The van der Waals surface area contributed by atoms with E-state index in [1.54, 1.807) is 4.74 Å². The predicted octanol–water partition coefficient (Wildman–Crippen LogP) is 2.08. The van der Waals surface area contributed by atoms with Crippen molar-refractivity contribution in [3.8, 4) is 0 Å². The first-order valence-corrected chi connectivity index (χ1v) is 12.2. The summed E-state index contributed by atoms with van der Waals surface area (Å²) in [5.41, 5.74) is 11.9. The lowest BCUT2D eigenvalue weighted by Gasteiger charge is -2.37. The second-order valence-corrected chi connectivity index (χ2v) is 9.78. The van der Waals surface area contributed by atoms with Crippen LogP contribution in [-0.2, 0) is 40.9 Å². The molecule has 9 nitrogen and oxygen atoms in total. The summed E-state index contributed by atoms with van der Waals surface area (Å²) in [4.78, 5) is 38.7. The number of carbonyl (C=O) groups excluding carboxylic acids is 2. The summed E-state index contributed by atoms with van der Waals surface area (Å²) in [5.74, 6) is -0.115. The number of nitrogens with two attached hydrogens (primary N) is 1. The zero-order valence-corrected chi connectivity index (χ0v) is 20.9.